The minimum absolute atomic E-state index is 0.0208. The maximum absolute atomic E-state index is 14.2. The van der Waals surface area contributed by atoms with Gasteiger partial charge in [0.25, 0.3) is 0 Å². The lowest BCUT2D eigenvalue weighted by molar-refractivity contribution is -0.123. The topological polar surface area (TPSA) is 170 Å². The molecule has 45 heavy (non-hydrogen) atoms. The third kappa shape index (κ3) is 5.10. The Balaban J connectivity index is 1.54. The first-order valence-corrected chi connectivity index (χ1v) is 15.4. The predicted molar refractivity (Wildman–Crippen MR) is 165 cm³/mol. The summed E-state index contributed by atoms with van der Waals surface area (Å²) in [6, 6.07) is 4.67. The molecule has 3 aromatic rings. The fourth-order valence-electron chi connectivity index (χ4n) is 5.66. The number of carbonyl (C=O) groups is 3. The van der Waals surface area contributed by atoms with Gasteiger partial charge >= 0.3 is 0 Å². The van der Waals surface area contributed by atoms with Crippen LogP contribution in [0.2, 0.25) is 0 Å². The van der Waals surface area contributed by atoms with Crippen molar-refractivity contribution in [1.29, 1.82) is 0 Å². The van der Waals surface area contributed by atoms with Gasteiger partial charge in [0.05, 0.1) is 25.4 Å². The number of carbonyl (C=O) groups excluding carboxylic acids is 3. The highest BCUT2D eigenvalue weighted by Gasteiger charge is 2.56. The summed E-state index contributed by atoms with van der Waals surface area (Å²) in [6.07, 6.45) is 3.65. The Bertz CT molecular complexity index is 1810. The van der Waals surface area contributed by atoms with Gasteiger partial charge in [-0.1, -0.05) is 5.16 Å². The van der Waals surface area contributed by atoms with Crippen molar-refractivity contribution < 1.29 is 43.3 Å². The molecular weight excluding hydrogens is 602 g/mol. The van der Waals surface area contributed by atoms with Crippen LogP contribution in [0.25, 0.3) is 11.4 Å². The zero-order valence-electron chi connectivity index (χ0n) is 25.9. The number of aromatic hydroxyl groups is 2. The second kappa shape index (κ2) is 12.0. The van der Waals surface area contributed by atoms with E-state index >= 15 is 0 Å². The van der Waals surface area contributed by atoms with Crippen LogP contribution in [0, 0.1) is 6.92 Å². The quantitative estimate of drug-likeness (QED) is 0.159. The van der Waals surface area contributed by atoms with Crippen LogP contribution in [-0.4, -0.2) is 63.9 Å². The number of rotatable bonds is 10. The summed E-state index contributed by atoms with van der Waals surface area (Å²) in [6.45, 7) is 5.79. The molecule has 2 heterocycles. The van der Waals surface area contributed by atoms with Gasteiger partial charge in [-0.15, -0.1) is 0 Å². The minimum atomic E-state index is -1.63. The molecule has 5 rings (SSSR count). The van der Waals surface area contributed by atoms with Gasteiger partial charge in [-0.3, -0.25) is 14.4 Å². The van der Waals surface area contributed by atoms with E-state index in [4.69, 9.17) is 18.7 Å². The molecule has 13 heteroatoms. The van der Waals surface area contributed by atoms with Gasteiger partial charge in [0.1, 0.15) is 40.0 Å². The average Bonchev–Trinajstić information content (AvgIpc) is 3.61. The smallest absolute Gasteiger partial charge is 0.249 e. The van der Waals surface area contributed by atoms with Crippen molar-refractivity contribution in [3.63, 3.8) is 0 Å². The van der Waals surface area contributed by atoms with E-state index in [2.05, 4.69) is 15.5 Å². The second-order valence-electron chi connectivity index (χ2n) is 10.9. The number of hydrogen-bond acceptors (Lipinski definition) is 13. The number of fused-ring (bicyclic) bond motifs is 3. The molecule has 0 saturated heterocycles. The Hall–Kier alpha value is -4.78. The zero-order valence-corrected chi connectivity index (χ0v) is 26.7. The number of allylic oxidation sites excluding steroid dienone is 4. The Morgan fingerprint density at radius 2 is 1.84 bits per heavy atom. The highest BCUT2D eigenvalue weighted by atomic mass is 32.2. The summed E-state index contributed by atoms with van der Waals surface area (Å²) in [5.74, 6) is -0.489. The first-order chi connectivity index (χ1) is 21.4. The highest BCUT2D eigenvalue weighted by Crippen LogP contribution is 2.57. The van der Waals surface area contributed by atoms with Gasteiger partial charge in [0.15, 0.2) is 28.8 Å². The molecule has 2 aliphatic rings. The van der Waals surface area contributed by atoms with E-state index in [1.165, 1.54) is 41.1 Å². The number of thioether (sulfide) groups is 1. The van der Waals surface area contributed by atoms with Crippen LogP contribution in [0.15, 0.2) is 45.8 Å². The van der Waals surface area contributed by atoms with Crippen molar-refractivity contribution in [3.8, 4) is 40.1 Å². The van der Waals surface area contributed by atoms with Gasteiger partial charge in [0, 0.05) is 22.9 Å². The molecule has 0 bridgehead atoms. The first-order valence-electron chi connectivity index (χ1n) is 14.0. The molecule has 1 unspecified atom stereocenters. The van der Waals surface area contributed by atoms with E-state index in [1.54, 1.807) is 36.9 Å². The zero-order chi connectivity index (χ0) is 32.8. The lowest BCUT2D eigenvalue weighted by Crippen LogP contribution is -2.41. The fraction of sp³-hybridized carbons (Fsp3) is 0.344. The summed E-state index contributed by atoms with van der Waals surface area (Å²) >= 11 is 1.60. The molecule has 12 nitrogen and oxygen atoms in total. The summed E-state index contributed by atoms with van der Waals surface area (Å²) in [5.41, 5.74) is -1.02. The summed E-state index contributed by atoms with van der Waals surface area (Å²) in [5, 5.41) is 29.1. The van der Waals surface area contributed by atoms with Gasteiger partial charge in [-0.2, -0.15) is 16.7 Å². The Labute approximate surface area is 263 Å². The maximum Gasteiger partial charge on any atom is 0.249 e. The number of nitrogens with zero attached hydrogens (tertiary/aromatic N) is 2. The molecule has 3 N–H and O–H groups in total. The number of ketones is 3. The highest BCUT2D eigenvalue weighted by molar-refractivity contribution is 7.98. The first kappa shape index (κ1) is 31.6. The number of phenolic OH excluding ortho intramolecular Hbond substituents is 2. The monoisotopic (exact) mass is 635 g/mol. The molecular formula is C32H33N3O9S. The largest absolute Gasteiger partial charge is 0.507 e. The van der Waals surface area contributed by atoms with E-state index in [0.29, 0.717) is 35.1 Å². The summed E-state index contributed by atoms with van der Waals surface area (Å²) in [4.78, 5) is 44.7. The molecule has 0 amide bonds. The number of hydrogen-bond donors (Lipinski definition) is 3. The number of phenols is 2. The number of aromatic nitrogens is 2. The minimum Gasteiger partial charge on any atom is -0.507 e. The molecule has 0 saturated carbocycles. The number of nitrogens with one attached hydrogen (secondary N) is 1. The van der Waals surface area contributed by atoms with E-state index in [9.17, 15) is 24.6 Å². The number of benzene rings is 2. The molecule has 0 fully saturated rings. The van der Waals surface area contributed by atoms with Gasteiger partial charge in [0.2, 0.25) is 11.7 Å². The van der Waals surface area contributed by atoms with E-state index in [-0.39, 0.29) is 45.4 Å². The lowest BCUT2D eigenvalue weighted by atomic mass is 9.70. The van der Waals surface area contributed by atoms with Crippen LogP contribution in [0.1, 0.15) is 60.6 Å². The molecule has 2 atom stereocenters. The van der Waals surface area contributed by atoms with E-state index in [1.807, 2.05) is 6.26 Å². The van der Waals surface area contributed by atoms with Crippen LogP contribution in [0.3, 0.4) is 0 Å². The Kier molecular flexibility index (Phi) is 8.41. The fourth-order valence-corrected chi connectivity index (χ4v) is 6.13. The van der Waals surface area contributed by atoms with E-state index in [0.717, 1.165) is 0 Å². The third-order valence-electron chi connectivity index (χ3n) is 8.14. The average molecular weight is 636 g/mol. The normalized spacial score (nSPS) is 18.9. The molecule has 2 aromatic carbocycles. The van der Waals surface area contributed by atoms with Crippen LogP contribution in [-0.2, 0) is 15.0 Å². The van der Waals surface area contributed by atoms with Crippen molar-refractivity contribution in [2.45, 2.75) is 45.6 Å². The van der Waals surface area contributed by atoms with Gasteiger partial charge in [-0.25, -0.2) is 0 Å². The Morgan fingerprint density at radius 1 is 1.13 bits per heavy atom. The van der Waals surface area contributed by atoms with Gasteiger partial charge < -0.3 is 34.3 Å². The van der Waals surface area contributed by atoms with Gasteiger partial charge in [-0.05, 0) is 64.3 Å². The SMILES string of the molecule is COc1ccc(-c2noc(C(CCSC)N/C(C)=C3\C(=O)C=C4Oc5c(C(C)=O)c(O)c(C)c(O)c5[C@@]4(C)C3=O)n2)cc1OC. The molecule has 1 aliphatic heterocycles. The molecule has 0 spiro atoms. The van der Waals surface area contributed by atoms with Crippen LogP contribution < -0.4 is 19.5 Å². The standard InChI is InChI=1S/C32H33N3O9S/c1-14-26(38)24(16(3)36)28-25(27(14)39)32(4)22(43-28)13-19(37)23(29(32)40)15(2)33-18(10-11-45-7)31-34-30(35-44-31)17-8-9-20(41-5)21(12-17)42-6/h8-9,12-13,18,33,38-39H,10-11H2,1-7H3/b23-15+/t18?,32-/m0/s1. The molecule has 236 valence electrons. The molecule has 1 aromatic heterocycles. The second-order valence-corrected chi connectivity index (χ2v) is 11.9. The molecule has 1 aliphatic carbocycles. The van der Waals surface area contributed by atoms with Crippen molar-refractivity contribution in [2.24, 2.45) is 0 Å². The van der Waals surface area contributed by atoms with E-state index < -0.39 is 40.3 Å². The summed E-state index contributed by atoms with van der Waals surface area (Å²) in [7, 11) is 3.07. The molecule has 0 radical (unpaired) electrons. The van der Waals surface area contributed by atoms with Crippen molar-refractivity contribution in [1.82, 2.24) is 15.5 Å². The third-order valence-corrected chi connectivity index (χ3v) is 8.79. The van der Waals surface area contributed by atoms with Crippen LogP contribution >= 0.6 is 11.8 Å². The number of Topliss-reactive ketones (excluding diaryl/α,β-unsaturated/α-hetero) is 2. The van der Waals surface area contributed by atoms with Crippen molar-refractivity contribution >= 4 is 29.1 Å². The number of methoxy groups -OCH3 is 2. The van der Waals surface area contributed by atoms with Crippen LogP contribution in [0.4, 0.5) is 0 Å². The maximum atomic E-state index is 14.2. The van der Waals surface area contributed by atoms with Crippen molar-refractivity contribution in [3.05, 3.63) is 63.9 Å². The predicted octanol–water partition coefficient (Wildman–Crippen LogP) is 4.72. The van der Waals surface area contributed by atoms with Crippen LogP contribution in [0.5, 0.6) is 28.7 Å². The Morgan fingerprint density at radius 3 is 2.49 bits per heavy atom. The summed E-state index contributed by atoms with van der Waals surface area (Å²) < 4.78 is 22.2. The lowest BCUT2D eigenvalue weighted by Gasteiger charge is -2.29. The number of ether oxygens (including phenoxy) is 3. The van der Waals surface area contributed by atoms with Crippen molar-refractivity contribution in [2.75, 3.05) is 26.2 Å².